The van der Waals surface area contributed by atoms with Gasteiger partial charge in [0.2, 0.25) is 0 Å². The topological polar surface area (TPSA) is 115 Å². The smallest absolute Gasteiger partial charge is 0.339 e. The average Bonchev–Trinajstić information content (AvgIpc) is 3.26. The van der Waals surface area contributed by atoms with Crippen LogP contribution in [0.3, 0.4) is 0 Å². The van der Waals surface area contributed by atoms with Gasteiger partial charge in [-0.1, -0.05) is 60.7 Å². The highest BCUT2D eigenvalue weighted by atomic mass is 16.5. The highest BCUT2D eigenvalue weighted by Crippen LogP contribution is 2.26. The Morgan fingerprint density at radius 1 is 1.03 bits per heavy atom. The van der Waals surface area contributed by atoms with E-state index in [0.29, 0.717) is 23.3 Å². The molecular weight excluding hydrogens is 434 g/mol. The number of pyridine rings is 1. The molecule has 0 fully saturated rings. The molecule has 2 aromatic carbocycles. The number of ether oxygens (including phenoxy) is 1. The minimum absolute atomic E-state index is 0.225. The molecule has 1 unspecified atom stereocenters. The zero-order valence-corrected chi connectivity index (χ0v) is 18.7. The van der Waals surface area contributed by atoms with Crippen molar-refractivity contribution in [3.8, 4) is 11.3 Å². The van der Waals surface area contributed by atoms with Gasteiger partial charge in [0, 0.05) is 12.6 Å². The fraction of sp³-hybridized carbons (Fsp3) is 0.160. The summed E-state index contributed by atoms with van der Waals surface area (Å²) in [6.07, 6.45) is 0.374. The van der Waals surface area contributed by atoms with E-state index in [1.807, 2.05) is 60.7 Å². The first-order chi connectivity index (χ1) is 16.5. The van der Waals surface area contributed by atoms with Crippen LogP contribution in [-0.2, 0) is 16.1 Å². The van der Waals surface area contributed by atoms with Gasteiger partial charge in [0.25, 0.3) is 5.91 Å². The standard InChI is InChI=1S/C25H23N5O4/c1-16(23(31)29-25(33)26-2)34-24(32)19-13-21(18-11-7-4-8-12-18)28-22-20(19)14-27-30(22)15-17-9-5-3-6-10-17/h3-14,16H,15H2,1-2H3,(H2,26,29,31,33). The average molecular weight is 457 g/mol. The number of aromatic nitrogens is 3. The lowest BCUT2D eigenvalue weighted by Crippen LogP contribution is -2.43. The Labute approximate surface area is 195 Å². The van der Waals surface area contributed by atoms with Crippen LogP contribution in [-0.4, -0.2) is 45.8 Å². The molecule has 1 atom stereocenters. The lowest BCUT2D eigenvalue weighted by Gasteiger charge is -2.14. The molecule has 0 saturated heterocycles. The van der Waals surface area contributed by atoms with Crippen molar-refractivity contribution in [1.82, 2.24) is 25.4 Å². The zero-order valence-electron chi connectivity index (χ0n) is 18.7. The van der Waals surface area contributed by atoms with Gasteiger partial charge in [-0.15, -0.1) is 0 Å². The molecule has 0 aliphatic carbocycles. The maximum Gasteiger partial charge on any atom is 0.339 e. The third-order valence-electron chi connectivity index (χ3n) is 5.19. The van der Waals surface area contributed by atoms with Gasteiger partial charge in [0.05, 0.1) is 29.4 Å². The van der Waals surface area contributed by atoms with Gasteiger partial charge in [-0.2, -0.15) is 5.10 Å². The van der Waals surface area contributed by atoms with Crippen LogP contribution in [0.2, 0.25) is 0 Å². The molecule has 3 amide bonds. The molecule has 4 rings (SSSR count). The fourth-order valence-electron chi connectivity index (χ4n) is 3.40. The predicted octanol–water partition coefficient (Wildman–Crippen LogP) is 3.15. The quantitative estimate of drug-likeness (QED) is 0.430. The Morgan fingerprint density at radius 2 is 1.71 bits per heavy atom. The lowest BCUT2D eigenvalue weighted by molar-refractivity contribution is -0.127. The van der Waals surface area contributed by atoms with Crippen LogP contribution in [0.1, 0.15) is 22.8 Å². The number of carbonyl (C=O) groups is 3. The molecule has 0 aliphatic rings. The van der Waals surface area contributed by atoms with E-state index in [9.17, 15) is 14.4 Å². The van der Waals surface area contributed by atoms with Crippen LogP contribution >= 0.6 is 0 Å². The predicted molar refractivity (Wildman–Crippen MR) is 126 cm³/mol. The number of imide groups is 1. The van der Waals surface area contributed by atoms with Gasteiger partial charge in [0.15, 0.2) is 11.8 Å². The molecule has 2 aromatic heterocycles. The van der Waals surface area contributed by atoms with Gasteiger partial charge in [-0.3, -0.25) is 10.1 Å². The number of nitrogens with zero attached hydrogens (tertiary/aromatic N) is 3. The summed E-state index contributed by atoms with van der Waals surface area (Å²) in [7, 11) is 1.38. The highest BCUT2D eigenvalue weighted by Gasteiger charge is 2.24. The first kappa shape index (κ1) is 22.7. The number of esters is 1. The zero-order chi connectivity index (χ0) is 24.1. The van der Waals surface area contributed by atoms with E-state index < -0.39 is 24.0 Å². The van der Waals surface area contributed by atoms with Crippen LogP contribution in [0, 0.1) is 0 Å². The van der Waals surface area contributed by atoms with Crippen LogP contribution in [0.25, 0.3) is 22.3 Å². The number of rotatable bonds is 6. The SMILES string of the molecule is CNC(=O)NC(=O)C(C)OC(=O)c1cc(-c2ccccc2)nc2c1cnn2Cc1ccccc1. The highest BCUT2D eigenvalue weighted by molar-refractivity contribution is 6.05. The molecule has 2 N–H and O–H groups in total. The van der Waals surface area contributed by atoms with Crippen LogP contribution in [0.15, 0.2) is 72.9 Å². The minimum atomic E-state index is -1.19. The summed E-state index contributed by atoms with van der Waals surface area (Å²) < 4.78 is 7.09. The summed E-state index contributed by atoms with van der Waals surface area (Å²) in [5.41, 5.74) is 3.15. The molecule has 2 heterocycles. The molecular formula is C25H23N5O4. The molecule has 0 saturated carbocycles. The van der Waals surface area contributed by atoms with Gasteiger partial charge in [-0.25, -0.2) is 19.3 Å². The third kappa shape index (κ3) is 4.93. The number of amides is 3. The summed E-state index contributed by atoms with van der Waals surface area (Å²) >= 11 is 0. The Kier molecular flexibility index (Phi) is 6.63. The maximum absolute atomic E-state index is 13.1. The molecule has 0 bridgehead atoms. The Bertz CT molecular complexity index is 1340. The van der Waals surface area contributed by atoms with Crippen molar-refractivity contribution in [3.63, 3.8) is 0 Å². The van der Waals surface area contributed by atoms with Crippen molar-refractivity contribution < 1.29 is 19.1 Å². The van der Waals surface area contributed by atoms with Crippen LogP contribution in [0.5, 0.6) is 0 Å². The second-order valence-corrected chi connectivity index (χ2v) is 7.56. The van der Waals surface area contributed by atoms with Gasteiger partial charge >= 0.3 is 12.0 Å². The van der Waals surface area contributed by atoms with Crippen molar-refractivity contribution in [1.29, 1.82) is 0 Å². The summed E-state index contributed by atoms with van der Waals surface area (Å²) in [4.78, 5) is 41.5. The molecule has 172 valence electrons. The molecule has 0 aliphatic heterocycles. The largest absolute Gasteiger partial charge is 0.449 e. The van der Waals surface area contributed by atoms with E-state index in [2.05, 4.69) is 15.7 Å². The van der Waals surface area contributed by atoms with E-state index in [4.69, 9.17) is 9.72 Å². The van der Waals surface area contributed by atoms with Crippen LogP contribution in [0.4, 0.5) is 4.79 Å². The van der Waals surface area contributed by atoms with Crippen molar-refractivity contribution in [3.05, 3.63) is 84.1 Å². The number of hydrogen-bond donors (Lipinski definition) is 2. The van der Waals surface area contributed by atoms with Gasteiger partial charge < -0.3 is 10.1 Å². The Balaban J connectivity index is 1.72. The second-order valence-electron chi connectivity index (χ2n) is 7.56. The normalized spacial score (nSPS) is 11.6. The first-order valence-electron chi connectivity index (χ1n) is 10.7. The Hall–Kier alpha value is -4.53. The lowest BCUT2D eigenvalue weighted by atomic mass is 10.1. The summed E-state index contributed by atoms with van der Waals surface area (Å²) in [5, 5.41) is 9.32. The van der Waals surface area contributed by atoms with Gasteiger partial charge in [0.1, 0.15) is 0 Å². The number of carbonyl (C=O) groups excluding carboxylic acids is 3. The van der Waals surface area contributed by atoms with E-state index in [0.717, 1.165) is 11.1 Å². The monoisotopic (exact) mass is 457 g/mol. The molecule has 0 radical (unpaired) electrons. The summed E-state index contributed by atoms with van der Waals surface area (Å²) in [6, 6.07) is 20.2. The van der Waals surface area contributed by atoms with E-state index >= 15 is 0 Å². The second kappa shape index (κ2) is 9.95. The number of benzene rings is 2. The van der Waals surface area contributed by atoms with E-state index in [1.165, 1.54) is 14.0 Å². The van der Waals surface area contributed by atoms with Gasteiger partial charge in [-0.05, 0) is 18.6 Å². The van der Waals surface area contributed by atoms with Crippen molar-refractivity contribution in [2.24, 2.45) is 0 Å². The molecule has 0 spiro atoms. The number of fused-ring (bicyclic) bond motifs is 1. The molecule has 4 aromatic rings. The molecule has 34 heavy (non-hydrogen) atoms. The maximum atomic E-state index is 13.1. The number of urea groups is 1. The number of nitrogens with one attached hydrogen (secondary N) is 2. The summed E-state index contributed by atoms with van der Waals surface area (Å²) in [5.74, 6) is -1.45. The van der Waals surface area contributed by atoms with Crippen molar-refractivity contribution in [2.75, 3.05) is 7.05 Å². The molecule has 9 heteroatoms. The molecule has 9 nitrogen and oxygen atoms in total. The number of hydrogen-bond acceptors (Lipinski definition) is 6. The van der Waals surface area contributed by atoms with E-state index in [-0.39, 0.29) is 5.56 Å². The van der Waals surface area contributed by atoms with E-state index in [1.54, 1.807) is 16.9 Å². The third-order valence-corrected chi connectivity index (χ3v) is 5.19. The minimum Gasteiger partial charge on any atom is -0.449 e. The Morgan fingerprint density at radius 3 is 2.38 bits per heavy atom. The summed E-state index contributed by atoms with van der Waals surface area (Å²) in [6.45, 7) is 1.86. The van der Waals surface area contributed by atoms with Crippen molar-refractivity contribution >= 4 is 28.9 Å². The van der Waals surface area contributed by atoms with Crippen LogP contribution < -0.4 is 10.6 Å². The fourth-order valence-corrected chi connectivity index (χ4v) is 3.40. The van der Waals surface area contributed by atoms with Crippen molar-refractivity contribution in [2.45, 2.75) is 19.6 Å². The first-order valence-corrected chi connectivity index (χ1v) is 10.7.